The molecule has 68 heavy (non-hydrogen) atoms. The molecule has 0 aliphatic rings. The fourth-order valence-electron chi connectivity index (χ4n) is 8.12. The first kappa shape index (κ1) is 66.0. The number of esters is 1. The molecule has 0 aromatic rings. The number of phosphoric ester groups is 1. The number of amides is 1. The molecule has 398 valence electrons. The summed E-state index contributed by atoms with van der Waals surface area (Å²) in [5.41, 5.74) is 0. The van der Waals surface area contributed by atoms with Crippen molar-refractivity contribution >= 4 is 19.7 Å². The van der Waals surface area contributed by atoms with Gasteiger partial charge in [0.2, 0.25) is 5.91 Å². The van der Waals surface area contributed by atoms with E-state index in [0.29, 0.717) is 23.9 Å². The van der Waals surface area contributed by atoms with Gasteiger partial charge in [-0.1, -0.05) is 230 Å². The van der Waals surface area contributed by atoms with Gasteiger partial charge in [0.15, 0.2) is 0 Å². The van der Waals surface area contributed by atoms with E-state index in [-0.39, 0.29) is 24.9 Å². The molecule has 0 bridgehead atoms. The van der Waals surface area contributed by atoms with Crippen molar-refractivity contribution < 1.29 is 37.3 Å². The topological polar surface area (TPSA) is 114 Å². The fraction of sp³-hybridized carbons (Fsp3) is 0.828. The number of phosphoric acid groups is 1. The Morgan fingerprint density at radius 2 is 0.941 bits per heavy atom. The van der Waals surface area contributed by atoms with Gasteiger partial charge in [0.1, 0.15) is 19.3 Å². The zero-order valence-corrected chi connectivity index (χ0v) is 46.2. The molecule has 1 amide bonds. The number of likely N-dealkylation sites (N-methyl/N-ethyl adjacent to an activating group) is 1. The molecule has 3 unspecified atom stereocenters. The second-order valence-electron chi connectivity index (χ2n) is 20.4. The third-order valence-electron chi connectivity index (χ3n) is 12.5. The highest BCUT2D eigenvalue weighted by molar-refractivity contribution is 7.45. The summed E-state index contributed by atoms with van der Waals surface area (Å²) < 4.78 is 30.2. The number of carbonyl (C=O) groups is 2. The lowest BCUT2D eigenvalue weighted by atomic mass is 10.0. The number of unbranched alkanes of at least 4 members (excludes halogenated alkanes) is 29. The first-order valence-corrected chi connectivity index (χ1v) is 29.9. The lowest BCUT2D eigenvalue weighted by Crippen LogP contribution is -2.47. The average Bonchev–Trinajstić information content (AvgIpc) is 3.29. The molecule has 0 saturated heterocycles. The number of quaternary nitrogens is 1. The van der Waals surface area contributed by atoms with E-state index in [1.54, 1.807) is 0 Å². The molecule has 0 aliphatic carbocycles. The van der Waals surface area contributed by atoms with Crippen LogP contribution in [0, 0.1) is 0 Å². The van der Waals surface area contributed by atoms with Crippen molar-refractivity contribution in [3.63, 3.8) is 0 Å². The summed E-state index contributed by atoms with van der Waals surface area (Å²) in [6, 6.07) is -0.893. The summed E-state index contributed by atoms with van der Waals surface area (Å²) in [5, 5.41) is 3.02. The van der Waals surface area contributed by atoms with E-state index >= 15 is 0 Å². The summed E-state index contributed by atoms with van der Waals surface area (Å²) in [4.78, 5) is 39.8. The molecule has 9 nitrogen and oxygen atoms in total. The van der Waals surface area contributed by atoms with Crippen molar-refractivity contribution in [3.8, 4) is 0 Å². The van der Waals surface area contributed by atoms with E-state index in [0.717, 1.165) is 83.5 Å². The van der Waals surface area contributed by atoms with Gasteiger partial charge in [-0.05, 0) is 63.9 Å². The fourth-order valence-corrected chi connectivity index (χ4v) is 8.85. The molecular formula is C58H109N2O7P. The third-order valence-corrected chi connectivity index (χ3v) is 13.5. The first-order valence-electron chi connectivity index (χ1n) is 28.4. The van der Waals surface area contributed by atoms with Gasteiger partial charge >= 0.3 is 5.97 Å². The third kappa shape index (κ3) is 49.0. The molecule has 0 spiro atoms. The Labute approximate surface area is 420 Å². The lowest BCUT2D eigenvalue weighted by molar-refractivity contribution is -0.870. The summed E-state index contributed by atoms with van der Waals surface area (Å²) in [7, 11) is 1.18. The zero-order chi connectivity index (χ0) is 50.1. The van der Waals surface area contributed by atoms with E-state index in [1.807, 2.05) is 33.3 Å². The highest BCUT2D eigenvalue weighted by atomic mass is 31.2. The number of carbonyl (C=O) groups excluding carboxylic acids is 2. The van der Waals surface area contributed by atoms with Crippen LogP contribution >= 0.6 is 7.82 Å². The Kier molecular flexibility index (Phi) is 47.1. The molecule has 0 saturated carbocycles. The van der Waals surface area contributed by atoms with Crippen molar-refractivity contribution in [3.05, 3.63) is 48.6 Å². The van der Waals surface area contributed by atoms with E-state index in [9.17, 15) is 19.0 Å². The van der Waals surface area contributed by atoms with Crippen LogP contribution in [0.4, 0.5) is 0 Å². The summed E-state index contributed by atoms with van der Waals surface area (Å²) in [6.45, 7) is 6.72. The normalized spacial score (nSPS) is 14.2. The Morgan fingerprint density at radius 3 is 1.41 bits per heavy atom. The van der Waals surface area contributed by atoms with Gasteiger partial charge in [-0.25, -0.2) is 0 Å². The second kappa shape index (κ2) is 48.6. The number of ether oxygens (including phenoxy) is 1. The monoisotopic (exact) mass is 977 g/mol. The van der Waals surface area contributed by atoms with Crippen LogP contribution in [0.15, 0.2) is 48.6 Å². The van der Waals surface area contributed by atoms with Crippen LogP contribution < -0.4 is 10.2 Å². The largest absolute Gasteiger partial charge is 0.756 e. The van der Waals surface area contributed by atoms with Crippen molar-refractivity contribution in [1.82, 2.24) is 5.32 Å². The second-order valence-corrected chi connectivity index (χ2v) is 21.8. The molecule has 0 heterocycles. The standard InChI is InChI=1S/C58H109N2O7P/c1-7-10-13-16-19-22-25-28-30-32-35-38-41-44-47-50-57(61)59-55(54-66-68(63,64)65-53-52-60(4,5)6)56(49-46-43-40-37-34-31-27-24-21-18-15-12-9-3)67-58(62)51-48-45-42-39-36-33-29-26-23-20-17-14-11-8-2/h11,14,20,23,29,33,46,49,55-56H,7-10,12-13,15-19,21-22,24-28,30-32,34-45,47-48,50-54H2,1-6H3,(H-,59,61,63,64)/b14-11+,23-20+,33-29+,49-46+. The molecule has 0 fully saturated rings. The summed E-state index contributed by atoms with van der Waals surface area (Å²) in [6.07, 6.45) is 57.8. The van der Waals surface area contributed by atoms with Gasteiger partial charge in [-0.3, -0.25) is 14.2 Å². The van der Waals surface area contributed by atoms with Crippen LogP contribution in [0.3, 0.4) is 0 Å². The van der Waals surface area contributed by atoms with Gasteiger partial charge in [0.25, 0.3) is 7.82 Å². The minimum absolute atomic E-state index is 0.0252. The highest BCUT2D eigenvalue weighted by Crippen LogP contribution is 2.38. The maximum atomic E-state index is 13.5. The van der Waals surface area contributed by atoms with Crippen LogP contribution in [0.5, 0.6) is 0 Å². The maximum absolute atomic E-state index is 13.5. The minimum atomic E-state index is -4.70. The van der Waals surface area contributed by atoms with Crippen molar-refractivity contribution in [2.75, 3.05) is 40.9 Å². The number of hydrogen-bond acceptors (Lipinski definition) is 7. The number of rotatable bonds is 51. The predicted molar refractivity (Wildman–Crippen MR) is 289 cm³/mol. The van der Waals surface area contributed by atoms with E-state index in [4.69, 9.17) is 13.8 Å². The quantitative estimate of drug-likeness (QED) is 0.0212. The highest BCUT2D eigenvalue weighted by Gasteiger charge is 2.27. The first-order chi connectivity index (χ1) is 32.9. The SMILES string of the molecule is CC/C=C/C/C=C/C/C=C/CCCCCCC(=O)OC(/C=C/CCCCCCCCCCCCC)C(COP(=O)([O-])OCC[N+](C)(C)C)NC(=O)CCCCCCCCCCCCCCCCC. The Bertz CT molecular complexity index is 1310. The van der Waals surface area contributed by atoms with E-state index in [2.05, 4.69) is 62.5 Å². The zero-order valence-electron chi connectivity index (χ0n) is 45.3. The minimum Gasteiger partial charge on any atom is -0.756 e. The molecule has 0 aromatic carbocycles. The number of allylic oxidation sites excluding steroid dienone is 7. The molecule has 0 aliphatic heterocycles. The molecule has 1 N–H and O–H groups in total. The van der Waals surface area contributed by atoms with Crippen LogP contribution in [0.1, 0.15) is 258 Å². The Balaban J connectivity index is 5.40. The smallest absolute Gasteiger partial charge is 0.306 e. The summed E-state index contributed by atoms with van der Waals surface area (Å²) in [5.74, 6) is -0.560. The average molecular weight is 977 g/mol. The Morgan fingerprint density at radius 1 is 0.529 bits per heavy atom. The van der Waals surface area contributed by atoms with Gasteiger partial charge in [-0.15, -0.1) is 0 Å². The number of hydrogen-bond donors (Lipinski definition) is 1. The molecule has 0 radical (unpaired) electrons. The van der Waals surface area contributed by atoms with Crippen LogP contribution in [-0.4, -0.2) is 69.4 Å². The van der Waals surface area contributed by atoms with Gasteiger partial charge < -0.3 is 28.5 Å². The molecule has 3 atom stereocenters. The van der Waals surface area contributed by atoms with Crippen molar-refractivity contribution in [1.29, 1.82) is 0 Å². The van der Waals surface area contributed by atoms with Crippen LogP contribution in [0.2, 0.25) is 0 Å². The van der Waals surface area contributed by atoms with Crippen molar-refractivity contribution in [2.45, 2.75) is 270 Å². The predicted octanol–water partition coefficient (Wildman–Crippen LogP) is 16.3. The van der Waals surface area contributed by atoms with E-state index < -0.39 is 26.6 Å². The molecule has 10 heteroatoms. The lowest BCUT2D eigenvalue weighted by Gasteiger charge is -2.30. The molecular weight excluding hydrogens is 868 g/mol. The van der Waals surface area contributed by atoms with E-state index in [1.165, 1.54) is 135 Å². The summed E-state index contributed by atoms with van der Waals surface area (Å²) >= 11 is 0. The van der Waals surface area contributed by atoms with Crippen LogP contribution in [-0.2, 0) is 27.9 Å². The van der Waals surface area contributed by atoms with Gasteiger partial charge in [0, 0.05) is 12.8 Å². The van der Waals surface area contributed by atoms with Crippen LogP contribution in [0.25, 0.3) is 0 Å². The molecule has 0 rings (SSSR count). The van der Waals surface area contributed by atoms with Crippen molar-refractivity contribution in [2.24, 2.45) is 0 Å². The van der Waals surface area contributed by atoms with Gasteiger partial charge in [-0.2, -0.15) is 0 Å². The number of nitrogens with zero attached hydrogens (tertiary/aromatic N) is 1. The molecule has 0 aromatic heterocycles. The maximum Gasteiger partial charge on any atom is 0.306 e. The van der Waals surface area contributed by atoms with Gasteiger partial charge in [0.05, 0.1) is 33.8 Å². The number of nitrogens with one attached hydrogen (secondary N) is 1. The Hall–Kier alpha value is -2.03.